The zero-order valence-corrected chi connectivity index (χ0v) is 15.4. The van der Waals surface area contributed by atoms with Gasteiger partial charge in [-0.05, 0) is 23.6 Å². The van der Waals surface area contributed by atoms with E-state index >= 15 is 0 Å². The highest BCUT2D eigenvalue weighted by Crippen LogP contribution is 2.18. The monoisotopic (exact) mass is 413 g/mol. The van der Waals surface area contributed by atoms with Crippen molar-refractivity contribution < 1.29 is 24.3 Å². The molecule has 0 aliphatic carbocycles. The fourth-order valence-electron chi connectivity index (χ4n) is 2.58. The number of hydrogen-bond donors (Lipinski definition) is 3. The van der Waals surface area contributed by atoms with E-state index in [4.69, 9.17) is 9.94 Å². The molecule has 1 saturated heterocycles. The molecular weight excluding hydrogens is 394 g/mol. The third-order valence-corrected chi connectivity index (χ3v) is 4.34. The summed E-state index contributed by atoms with van der Waals surface area (Å²) in [4.78, 5) is 37.2. The number of benzene rings is 1. The molecule has 8 nitrogen and oxygen atoms in total. The molecule has 4 amide bonds. The topological polar surface area (TPSA) is 108 Å². The molecule has 0 saturated carbocycles. The maximum absolute atomic E-state index is 12.5. The molecule has 0 aromatic heterocycles. The van der Waals surface area contributed by atoms with Gasteiger partial charge in [0.25, 0.3) is 11.8 Å². The molecule has 1 aliphatic rings. The number of amides is 4. The second-order valence-corrected chi connectivity index (χ2v) is 6.93. The minimum absolute atomic E-state index is 0.0112. The van der Waals surface area contributed by atoms with Crippen LogP contribution in [0.3, 0.4) is 0 Å². The van der Waals surface area contributed by atoms with Crippen LogP contribution >= 0.6 is 15.9 Å². The average molecular weight is 414 g/mol. The maximum Gasteiger partial charge on any atom is 0.325 e. The Morgan fingerprint density at radius 2 is 2.00 bits per heavy atom. The number of hydrogen-bond acceptors (Lipinski definition) is 5. The normalized spacial score (nSPS) is 18.4. The van der Waals surface area contributed by atoms with Gasteiger partial charge < -0.3 is 10.1 Å². The quantitative estimate of drug-likeness (QED) is 0.355. The third-order valence-electron chi connectivity index (χ3n) is 3.81. The summed E-state index contributed by atoms with van der Waals surface area (Å²) >= 11 is 3.34. The summed E-state index contributed by atoms with van der Waals surface area (Å²) in [6.07, 6.45) is 0. The molecule has 2 atom stereocenters. The third kappa shape index (κ3) is 4.56. The first kappa shape index (κ1) is 19.4. The summed E-state index contributed by atoms with van der Waals surface area (Å²) in [6.45, 7) is 3.63. The van der Waals surface area contributed by atoms with Gasteiger partial charge in [0.05, 0.1) is 13.2 Å². The molecule has 0 bridgehead atoms. The zero-order valence-electron chi connectivity index (χ0n) is 13.9. The SMILES string of the molecule is CC(C)C(C(=O)NO)N1C(=O)NC(COCc2ccc(Br)cc2)C1=O. The van der Waals surface area contributed by atoms with Gasteiger partial charge in [0.1, 0.15) is 12.1 Å². The maximum atomic E-state index is 12.5. The smallest absolute Gasteiger partial charge is 0.325 e. The lowest BCUT2D eigenvalue weighted by atomic mass is 10.0. The molecule has 136 valence electrons. The van der Waals surface area contributed by atoms with Crippen LogP contribution in [0.4, 0.5) is 4.79 Å². The van der Waals surface area contributed by atoms with E-state index in [0.717, 1.165) is 14.9 Å². The van der Waals surface area contributed by atoms with Crippen molar-refractivity contribution in [2.45, 2.75) is 32.5 Å². The van der Waals surface area contributed by atoms with Crippen LogP contribution in [0.1, 0.15) is 19.4 Å². The van der Waals surface area contributed by atoms with Crippen LogP contribution in [0.5, 0.6) is 0 Å². The predicted molar refractivity (Wildman–Crippen MR) is 91.5 cm³/mol. The number of hydroxylamine groups is 1. The van der Waals surface area contributed by atoms with E-state index < -0.39 is 29.9 Å². The molecule has 3 N–H and O–H groups in total. The first-order chi connectivity index (χ1) is 11.8. The lowest BCUT2D eigenvalue weighted by molar-refractivity contribution is -0.142. The largest absolute Gasteiger partial charge is 0.374 e. The average Bonchev–Trinajstić information content (AvgIpc) is 2.84. The Hall–Kier alpha value is -1.97. The molecule has 25 heavy (non-hydrogen) atoms. The Bertz CT molecular complexity index is 650. The van der Waals surface area contributed by atoms with Crippen LogP contribution in [0.2, 0.25) is 0 Å². The summed E-state index contributed by atoms with van der Waals surface area (Å²) in [7, 11) is 0. The van der Waals surface area contributed by atoms with Crippen LogP contribution < -0.4 is 10.8 Å². The number of ether oxygens (including phenoxy) is 1. The number of urea groups is 1. The molecular formula is C16H20BrN3O5. The second kappa shape index (κ2) is 8.41. The van der Waals surface area contributed by atoms with Gasteiger partial charge in [-0.2, -0.15) is 0 Å². The highest BCUT2D eigenvalue weighted by atomic mass is 79.9. The van der Waals surface area contributed by atoms with Gasteiger partial charge in [-0.3, -0.25) is 14.8 Å². The fraction of sp³-hybridized carbons (Fsp3) is 0.438. The molecule has 1 heterocycles. The minimum Gasteiger partial charge on any atom is -0.374 e. The van der Waals surface area contributed by atoms with Gasteiger partial charge >= 0.3 is 6.03 Å². The van der Waals surface area contributed by atoms with Crippen molar-refractivity contribution in [2.24, 2.45) is 5.92 Å². The number of carbonyl (C=O) groups excluding carboxylic acids is 3. The molecule has 2 rings (SSSR count). The van der Waals surface area contributed by atoms with Crippen LogP contribution in [-0.4, -0.2) is 46.6 Å². The molecule has 1 aromatic rings. The van der Waals surface area contributed by atoms with E-state index in [-0.39, 0.29) is 19.1 Å². The van der Waals surface area contributed by atoms with Crippen molar-refractivity contribution >= 4 is 33.8 Å². The van der Waals surface area contributed by atoms with Crippen molar-refractivity contribution in [3.05, 3.63) is 34.3 Å². The molecule has 2 unspecified atom stereocenters. The van der Waals surface area contributed by atoms with Gasteiger partial charge in [0.2, 0.25) is 0 Å². The first-order valence-corrected chi connectivity index (χ1v) is 8.54. The number of carbonyl (C=O) groups is 3. The Morgan fingerprint density at radius 1 is 1.36 bits per heavy atom. The molecule has 1 aromatic carbocycles. The Labute approximate surface area is 153 Å². The highest BCUT2D eigenvalue weighted by molar-refractivity contribution is 9.10. The van der Waals surface area contributed by atoms with E-state index in [0.29, 0.717) is 0 Å². The van der Waals surface area contributed by atoms with Crippen molar-refractivity contribution in [1.82, 2.24) is 15.7 Å². The van der Waals surface area contributed by atoms with Crippen LogP contribution in [0.25, 0.3) is 0 Å². The van der Waals surface area contributed by atoms with Gasteiger partial charge in [-0.15, -0.1) is 0 Å². The van der Waals surface area contributed by atoms with E-state index in [2.05, 4.69) is 21.2 Å². The minimum atomic E-state index is -1.09. The van der Waals surface area contributed by atoms with Crippen molar-refractivity contribution in [2.75, 3.05) is 6.61 Å². The highest BCUT2D eigenvalue weighted by Gasteiger charge is 2.45. The number of nitrogens with one attached hydrogen (secondary N) is 2. The first-order valence-electron chi connectivity index (χ1n) is 7.74. The molecule has 0 radical (unpaired) electrons. The predicted octanol–water partition coefficient (Wildman–Crippen LogP) is 1.42. The number of imide groups is 1. The Kier molecular flexibility index (Phi) is 6.51. The van der Waals surface area contributed by atoms with Gasteiger partial charge in [-0.1, -0.05) is 41.9 Å². The molecule has 1 fully saturated rings. The number of nitrogens with zero attached hydrogens (tertiary/aromatic N) is 1. The number of halogens is 1. The van der Waals surface area contributed by atoms with E-state index in [9.17, 15) is 14.4 Å². The Balaban J connectivity index is 1.97. The summed E-state index contributed by atoms with van der Waals surface area (Å²) in [5.74, 6) is -1.72. The fourth-order valence-corrected chi connectivity index (χ4v) is 2.85. The van der Waals surface area contributed by atoms with E-state index in [1.54, 1.807) is 13.8 Å². The van der Waals surface area contributed by atoms with Gasteiger partial charge in [0.15, 0.2) is 0 Å². The van der Waals surface area contributed by atoms with Gasteiger partial charge in [-0.25, -0.2) is 15.2 Å². The molecule has 1 aliphatic heterocycles. The lowest BCUT2D eigenvalue weighted by Gasteiger charge is -2.26. The Morgan fingerprint density at radius 3 is 2.56 bits per heavy atom. The summed E-state index contributed by atoms with van der Waals surface area (Å²) < 4.78 is 6.46. The number of rotatable bonds is 7. The second-order valence-electron chi connectivity index (χ2n) is 6.02. The van der Waals surface area contributed by atoms with Crippen molar-refractivity contribution in [1.29, 1.82) is 0 Å². The van der Waals surface area contributed by atoms with Gasteiger partial charge in [0, 0.05) is 4.47 Å². The van der Waals surface area contributed by atoms with Crippen molar-refractivity contribution in [3.8, 4) is 0 Å². The van der Waals surface area contributed by atoms with E-state index in [1.807, 2.05) is 24.3 Å². The molecule has 9 heteroatoms. The van der Waals surface area contributed by atoms with E-state index in [1.165, 1.54) is 5.48 Å². The summed E-state index contributed by atoms with van der Waals surface area (Å²) in [5, 5.41) is 11.3. The lowest BCUT2D eigenvalue weighted by Crippen LogP contribution is -2.52. The zero-order chi connectivity index (χ0) is 18.6. The standard InChI is InChI=1S/C16H20BrN3O5/c1-9(2)13(14(21)19-24)20-15(22)12(18-16(20)23)8-25-7-10-3-5-11(17)6-4-10/h3-6,9,12-13,24H,7-8H2,1-2H3,(H,18,23)(H,19,21). The van der Waals surface area contributed by atoms with Crippen LogP contribution in [-0.2, 0) is 20.9 Å². The van der Waals surface area contributed by atoms with Crippen LogP contribution in [0.15, 0.2) is 28.7 Å². The van der Waals surface area contributed by atoms with Crippen molar-refractivity contribution in [3.63, 3.8) is 0 Å². The molecule has 0 spiro atoms. The van der Waals surface area contributed by atoms with Crippen LogP contribution in [0, 0.1) is 5.92 Å². The summed E-state index contributed by atoms with van der Waals surface area (Å²) in [6, 6.07) is 4.89. The summed E-state index contributed by atoms with van der Waals surface area (Å²) in [5.41, 5.74) is 2.43.